The van der Waals surface area contributed by atoms with Gasteiger partial charge < -0.3 is 9.84 Å². The Labute approximate surface area is 188 Å². The van der Waals surface area contributed by atoms with Crippen LogP contribution in [0.25, 0.3) is 0 Å². The summed E-state index contributed by atoms with van der Waals surface area (Å²) in [7, 11) is 0. The van der Waals surface area contributed by atoms with Crippen molar-refractivity contribution in [3.63, 3.8) is 0 Å². The molecule has 31 heavy (non-hydrogen) atoms. The summed E-state index contributed by atoms with van der Waals surface area (Å²) in [5.74, 6) is -0.696. The largest absolute Gasteiger partial charge is 0.481 e. The van der Waals surface area contributed by atoms with Crippen molar-refractivity contribution in [2.45, 2.75) is 116 Å². The number of aliphatic carboxylic acids is 1. The third-order valence-corrected chi connectivity index (χ3v) is 7.07. The van der Waals surface area contributed by atoms with Crippen LogP contribution in [0.5, 0.6) is 0 Å². The number of hydrogen-bond acceptors (Lipinski definition) is 3. The van der Waals surface area contributed by atoms with Crippen molar-refractivity contribution in [2.75, 3.05) is 0 Å². The zero-order chi connectivity index (χ0) is 22.7. The lowest BCUT2D eigenvalue weighted by Gasteiger charge is -2.18. The molecular weight excluding hydrogens is 388 g/mol. The molecule has 174 valence electrons. The molecule has 1 N–H and O–H groups in total. The lowest BCUT2D eigenvalue weighted by molar-refractivity contribution is -0.147. The number of unbranched alkanes of at least 4 members (excludes halogenated alkanes) is 6. The number of ether oxygens (including phenoxy) is 1. The van der Waals surface area contributed by atoms with Gasteiger partial charge in [-0.2, -0.15) is 0 Å². The predicted molar refractivity (Wildman–Crippen MR) is 125 cm³/mol. The number of carbonyl (C=O) groups excluding carboxylic acids is 1. The standard InChI is InChI=1S/C27H42O4/c1-22-23(13-8-4-6-10-17-26(2,3)25(29)30)15-12-16-24(22)14-9-5-7-11-18-27(19-20-27)31-21-28/h12,15-16,21H,4-11,13-14,17-20H2,1-3H3,(H,29,30). The van der Waals surface area contributed by atoms with Gasteiger partial charge in [-0.05, 0) is 95.2 Å². The fourth-order valence-electron chi connectivity index (χ4n) is 4.41. The molecule has 4 nitrogen and oxygen atoms in total. The van der Waals surface area contributed by atoms with Crippen LogP contribution in [-0.4, -0.2) is 23.1 Å². The van der Waals surface area contributed by atoms with E-state index in [2.05, 4.69) is 25.1 Å². The van der Waals surface area contributed by atoms with Crippen molar-refractivity contribution in [3.8, 4) is 0 Å². The van der Waals surface area contributed by atoms with Crippen molar-refractivity contribution in [2.24, 2.45) is 5.41 Å². The van der Waals surface area contributed by atoms with E-state index in [1.165, 1.54) is 42.4 Å². The van der Waals surface area contributed by atoms with Gasteiger partial charge in [0.1, 0.15) is 5.60 Å². The molecule has 0 saturated heterocycles. The highest BCUT2D eigenvalue weighted by Crippen LogP contribution is 2.43. The molecule has 0 radical (unpaired) electrons. The smallest absolute Gasteiger partial charge is 0.309 e. The quantitative estimate of drug-likeness (QED) is 0.218. The molecule has 2 rings (SSSR count). The molecule has 1 aliphatic rings. The summed E-state index contributed by atoms with van der Waals surface area (Å²) in [6.45, 7) is 6.50. The summed E-state index contributed by atoms with van der Waals surface area (Å²) in [6, 6.07) is 6.72. The minimum atomic E-state index is -0.696. The number of carbonyl (C=O) groups is 2. The van der Waals surface area contributed by atoms with E-state index in [-0.39, 0.29) is 5.60 Å². The Balaban J connectivity index is 1.61. The minimum Gasteiger partial charge on any atom is -0.481 e. The maximum atomic E-state index is 11.2. The molecule has 0 heterocycles. The van der Waals surface area contributed by atoms with E-state index < -0.39 is 11.4 Å². The van der Waals surface area contributed by atoms with E-state index in [4.69, 9.17) is 4.74 Å². The number of hydrogen-bond donors (Lipinski definition) is 1. The normalized spacial score (nSPS) is 14.9. The van der Waals surface area contributed by atoms with Crippen molar-refractivity contribution < 1.29 is 19.4 Å². The van der Waals surface area contributed by atoms with Crippen LogP contribution in [0.15, 0.2) is 18.2 Å². The number of benzene rings is 1. The fourth-order valence-corrected chi connectivity index (χ4v) is 4.41. The second-order valence-corrected chi connectivity index (χ2v) is 10.1. The second-order valence-electron chi connectivity index (χ2n) is 10.1. The van der Waals surface area contributed by atoms with Crippen LogP contribution in [0.1, 0.15) is 108 Å². The molecule has 1 saturated carbocycles. The molecule has 0 amide bonds. The van der Waals surface area contributed by atoms with Gasteiger partial charge in [-0.15, -0.1) is 0 Å². The van der Waals surface area contributed by atoms with E-state index in [1.807, 2.05) is 13.8 Å². The third kappa shape index (κ3) is 8.66. The first-order valence-corrected chi connectivity index (χ1v) is 12.2. The topological polar surface area (TPSA) is 63.6 Å². The van der Waals surface area contributed by atoms with Crippen LogP contribution >= 0.6 is 0 Å². The Kier molecular flexibility index (Phi) is 10.1. The Morgan fingerprint density at radius 2 is 1.55 bits per heavy atom. The van der Waals surface area contributed by atoms with Gasteiger partial charge in [0.25, 0.3) is 6.47 Å². The van der Waals surface area contributed by atoms with Crippen LogP contribution < -0.4 is 0 Å². The van der Waals surface area contributed by atoms with E-state index in [9.17, 15) is 14.7 Å². The zero-order valence-corrected chi connectivity index (χ0v) is 19.9. The Morgan fingerprint density at radius 3 is 2.06 bits per heavy atom. The first-order valence-electron chi connectivity index (χ1n) is 12.2. The lowest BCUT2D eigenvalue weighted by Crippen LogP contribution is -2.23. The first-order chi connectivity index (χ1) is 14.8. The van der Waals surface area contributed by atoms with Gasteiger partial charge in [-0.25, -0.2) is 0 Å². The monoisotopic (exact) mass is 430 g/mol. The lowest BCUT2D eigenvalue weighted by atomic mass is 9.87. The van der Waals surface area contributed by atoms with Crippen LogP contribution in [-0.2, 0) is 27.2 Å². The van der Waals surface area contributed by atoms with E-state index in [0.717, 1.165) is 64.2 Å². The summed E-state index contributed by atoms with van der Waals surface area (Å²) in [6.07, 6.45) is 15.3. The molecule has 1 aromatic rings. The molecule has 0 atom stereocenters. The van der Waals surface area contributed by atoms with Gasteiger partial charge in [-0.3, -0.25) is 9.59 Å². The summed E-state index contributed by atoms with van der Waals surface area (Å²) in [5, 5.41) is 9.19. The van der Waals surface area contributed by atoms with Crippen molar-refractivity contribution in [1.82, 2.24) is 0 Å². The molecule has 1 fully saturated rings. The molecule has 0 unspecified atom stereocenters. The molecule has 0 bridgehead atoms. The Morgan fingerprint density at radius 1 is 1.00 bits per heavy atom. The predicted octanol–water partition coefficient (Wildman–Crippen LogP) is 6.80. The average molecular weight is 431 g/mol. The molecule has 0 aromatic heterocycles. The summed E-state index contributed by atoms with van der Waals surface area (Å²) < 4.78 is 5.22. The number of carboxylic acid groups (broad SMARTS) is 1. The van der Waals surface area contributed by atoms with Crippen molar-refractivity contribution in [1.29, 1.82) is 0 Å². The van der Waals surface area contributed by atoms with Gasteiger partial charge in [0, 0.05) is 0 Å². The number of carboxylic acids is 1. The summed E-state index contributed by atoms with van der Waals surface area (Å²) in [4.78, 5) is 21.7. The van der Waals surface area contributed by atoms with Gasteiger partial charge in [0.2, 0.25) is 0 Å². The molecule has 1 aromatic carbocycles. The second kappa shape index (κ2) is 12.3. The zero-order valence-electron chi connectivity index (χ0n) is 19.9. The maximum Gasteiger partial charge on any atom is 0.309 e. The molecule has 0 spiro atoms. The Hall–Kier alpha value is -1.84. The van der Waals surface area contributed by atoms with Gasteiger partial charge >= 0.3 is 5.97 Å². The molecular formula is C27H42O4. The van der Waals surface area contributed by atoms with E-state index in [1.54, 1.807) is 0 Å². The highest BCUT2D eigenvalue weighted by Gasteiger charge is 2.44. The van der Waals surface area contributed by atoms with Crippen LogP contribution in [0.2, 0.25) is 0 Å². The van der Waals surface area contributed by atoms with Crippen molar-refractivity contribution >= 4 is 12.4 Å². The Bertz CT molecular complexity index is 703. The summed E-state index contributed by atoms with van der Waals surface area (Å²) in [5.41, 5.74) is 3.69. The average Bonchev–Trinajstić information content (AvgIpc) is 3.49. The van der Waals surface area contributed by atoms with Gasteiger partial charge in [-0.1, -0.05) is 50.3 Å². The maximum absolute atomic E-state index is 11.2. The van der Waals surface area contributed by atoms with Crippen LogP contribution in [0, 0.1) is 12.3 Å². The SMILES string of the molecule is Cc1c(CCCCCCC2(OC=O)CC2)cccc1CCCCCCC(C)(C)C(=O)O. The first kappa shape index (κ1) is 25.4. The third-order valence-electron chi connectivity index (χ3n) is 7.07. The van der Waals surface area contributed by atoms with Crippen LogP contribution in [0.3, 0.4) is 0 Å². The van der Waals surface area contributed by atoms with Gasteiger partial charge in [0.15, 0.2) is 0 Å². The highest BCUT2D eigenvalue weighted by atomic mass is 16.5. The fraction of sp³-hybridized carbons (Fsp3) is 0.704. The van der Waals surface area contributed by atoms with Gasteiger partial charge in [0.05, 0.1) is 5.41 Å². The summed E-state index contributed by atoms with van der Waals surface area (Å²) >= 11 is 0. The van der Waals surface area contributed by atoms with E-state index >= 15 is 0 Å². The van der Waals surface area contributed by atoms with Crippen LogP contribution in [0.4, 0.5) is 0 Å². The molecule has 1 aliphatic carbocycles. The molecule has 0 aliphatic heterocycles. The molecule has 4 heteroatoms. The minimum absolute atomic E-state index is 0.0981. The number of aryl methyl sites for hydroxylation is 2. The van der Waals surface area contributed by atoms with Crippen molar-refractivity contribution in [3.05, 3.63) is 34.9 Å². The highest BCUT2D eigenvalue weighted by molar-refractivity contribution is 5.73. The van der Waals surface area contributed by atoms with E-state index in [0.29, 0.717) is 6.47 Å². The number of rotatable bonds is 17.